The van der Waals surface area contributed by atoms with Gasteiger partial charge in [-0.05, 0) is 35.9 Å². The molecular formula is C15H14ClFO2S. The molecule has 0 bridgehead atoms. The maximum absolute atomic E-state index is 13.1. The molecule has 0 aromatic heterocycles. The fourth-order valence-corrected chi connectivity index (χ4v) is 2.82. The fourth-order valence-electron chi connectivity index (χ4n) is 1.71. The van der Waals surface area contributed by atoms with Gasteiger partial charge in [0.15, 0.2) is 0 Å². The monoisotopic (exact) mass is 312 g/mol. The minimum absolute atomic E-state index is 0.280. The van der Waals surface area contributed by atoms with E-state index >= 15 is 0 Å². The van der Waals surface area contributed by atoms with Gasteiger partial charge in [0.05, 0.1) is 18.2 Å². The van der Waals surface area contributed by atoms with Crippen molar-refractivity contribution in [1.29, 1.82) is 0 Å². The van der Waals surface area contributed by atoms with Gasteiger partial charge in [0.2, 0.25) is 0 Å². The molecule has 20 heavy (non-hydrogen) atoms. The lowest BCUT2D eigenvalue weighted by Gasteiger charge is -2.12. The highest BCUT2D eigenvalue weighted by Crippen LogP contribution is 2.30. The van der Waals surface area contributed by atoms with E-state index in [9.17, 15) is 9.50 Å². The van der Waals surface area contributed by atoms with Gasteiger partial charge in [0.1, 0.15) is 11.6 Å². The number of aliphatic hydroxyl groups excluding tert-OH is 1. The molecule has 1 atom stereocenters. The summed E-state index contributed by atoms with van der Waals surface area (Å²) in [4.78, 5) is 0.782. The molecule has 0 radical (unpaired) electrons. The van der Waals surface area contributed by atoms with Crippen LogP contribution in [0.4, 0.5) is 4.39 Å². The van der Waals surface area contributed by atoms with Crippen LogP contribution in [0.15, 0.2) is 47.4 Å². The molecule has 0 saturated carbocycles. The molecule has 106 valence electrons. The predicted octanol–water partition coefficient (Wildman–Crippen LogP) is 4.31. The number of halogens is 2. The van der Waals surface area contributed by atoms with Gasteiger partial charge in [-0.2, -0.15) is 0 Å². The van der Waals surface area contributed by atoms with Crippen molar-refractivity contribution in [2.24, 2.45) is 0 Å². The summed E-state index contributed by atoms with van der Waals surface area (Å²) in [6.45, 7) is 0. The summed E-state index contributed by atoms with van der Waals surface area (Å²) in [7, 11) is 1.53. The Bertz CT molecular complexity index is 592. The smallest absolute Gasteiger partial charge is 0.137 e. The summed E-state index contributed by atoms with van der Waals surface area (Å²) in [5.74, 6) is 0.672. The Balaban J connectivity index is 2.03. The zero-order valence-electron chi connectivity index (χ0n) is 10.8. The van der Waals surface area contributed by atoms with Crippen LogP contribution in [0, 0.1) is 5.82 Å². The molecule has 0 aliphatic heterocycles. The molecule has 5 heteroatoms. The molecule has 0 amide bonds. The lowest BCUT2D eigenvalue weighted by molar-refractivity contribution is 0.203. The van der Waals surface area contributed by atoms with Crippen molar-refractivity contribution >= 4 is 23.4 Å². The summed E-state index contributed by atoms with van der Waals surface area (Å²) in [6, 6.07) is 11.4. The molecule has 2 rings (SSSR count). The molecule has 0 aliphatic carbocycles. The summed E-state index contributed by atoms with van der Waals surface area (Å²) in [5.41, 5.74) is 0.718. The Labute approximate surface area is 126 Å². The Morgan fingerprint density at radius 1 is 1.30 bits per heavy atom. The van der Waals surface area contributed by atoms with Crippen LogP contribution in [0.5, 0.6) is 5.75 Å². The van der Waals surface area contributed by atoms with Crippen LogP contribution in [-0.2, 0) is 0 Å². The minimum Gasteiger partial charge on any atom is -0.495 e. The van der Waals surface area contributed by atoms with Crippen molar-refractivity contribution in [3.63, 3.8) is 0 Å². The second kappa shape index (κ2) is 6.97. The molecule has 1 unspecified atom stereocenters. The topological polar surface area (TPSA) is 29.5 Å². The molecule has 0 fully saturated rings. The number of benzene rings is 2. The first-order valence-electron chi connectivity index (χ1n) is 6.00. The van der Waals surface area contributed by atoms with Gasteiger partial charge < -0.3 is 9.84 Å². The van der Waals surface area contributed by atoms with Gasteiger partial charge in [-0.1, -0.05) is 23.7 Å². The zero-order chi connectivity index (χ0) is 14.5. The first-order chi connectivity index (χ1) is 9.60. The quantitative estimate of drug-likeness (QED) is 0.834. The van der Waals surface area contributed by atoms with E-state index in [0.717, 1.165) is 10.5 Å². The molecular weight excluding hydrogens is 299 g/mol. The third-order valence-corrected chi connectivity index (χ3v) is 4.15. The summed E-state index contributed by atoms with van der Waals surface area (Å²) >= 11 is 7.33. The van der Waals surface area contributed by atoms with Crippen LogP contribution in [0.25, 0.3) is 0 Å². The summed E-state index contributed by atoms with van der Waals surface area (Å²) in [6.07, 6.45) is -0.672. The second-order valence-electron chi connectivity index (χ2n) is 4.18. The zero-order valence-corrected chi connectivity index (χ0v) is 12.4. The van der Waals surface area contributed by atoms with Gasteiger partial charge in [-0.15, -0.1) is 11.8 Å². The van der Waals surface area contributed by atoms with Crippen molar-refractivity contribution in [3.8, 4) is 5.75 Å². The van der Waals surface area contributed by atoms with Crippen LogP contribution in [0.3, 0.4) is 0 Å². The van der Waals surface area contributed by atoms with E-state index in [1.807, 2.05) is 6.07 Å². The maximum atomic E-state index is 13.1. The van der Waals surface area contributed by atoms with Gasteiger partial charge >= 0.3 is 0 Å². The van der Waals surface area contributed by atoms with Crippen molar-refractivity contribution in [1.82, 2.24) is 0 Å². The average Bonchev–Trinajstić information content (AvgIpc) is 2.45. The van der Waals surface area contributed by atoms with Crippen molar-refractivity contribution in [2.45, 2.75) is 11.0 Å². The number of ether oxygens (including phenoxy) is 1. The van der Waals surface area contributed by atoms with Crippen LogP contribution in [0.2, 0.25) is 5.02 Å². The minimum atomic E-state index is -0.672. The molecule has 0 aliphatic rings. The normalized spacial score (nSPS) is 12.2. The lowest BCUT2D eigenvalue weighted by atomic mass is 10.1. The molecule has 0 heterocycles. The van der Waals surface area contributed by atoms with Crippen LogP contribution >= 0.6 is 23.4 Å². The highest BCUT2D eigenvalue weighted by Gasteiger charge is 2.11. The number of hydrogen-bond donors (Lipinski definition) is 1. The van der Waals surface area contributed by atoms with E-state index < -0.39 is 6.10 Å². The molecule has 0 spiro atoms. The van der Waals surface area contributed by atoms with E-state index in [2.05, 4.69) is 0 Å². The fraction of sp³-hybridized carbons (Fsp3) is 0.200. The van der Waals surface area contributed by atoms with Crippen molar-refractivity contribution < 1.29 is 14.2 Å². The molecule has 2 nitrogen and oxygen atoms in total. The third kappa shape index (κ3) is 3.88. The van der Waals surface area contributed by atoms with Gasteiger partial charge in [-0.3, -0.25) is 0 Å². The Morgan fingerprint density at radius 2 is 2.10 bits per heavy atom. The summed E-state index contributed by atoms with van der Waals surface area (Å²) < 4.78 is 18.2. The van der Waals surface area contributed by atoms with Crippen molar-refractivity contribution in [3.05, 3.63) is 58.9 Å². The van der Waals surface area contributed by atoms with Crippen LogP contribution in [0.1, 0.15) is 11.7 Å². The predicted molar refractivity (Wildman–Crippen MR) is 80.1 cm³/mol. The molecule has 0 saturated heterocycles. The van der Waals surface area contributed by atoms with Crippen molar-refractivity contribution in [2.75, 3.05) is 12.9 Å². The Morgan fingerprint density at radius 3 is 2.80 bits per heavy atom. The highest BCUT2D eigenvalue weighted by molar-refractivity contribution is 7.99. The van der Waals surface area contributed by atoms with E-state index in [0.29, 0.717) is 16.5 Å². The molecule has 2 aromatic carbocycles. The average molecular weight is 313 g/mol. The first kappa shape index (κ1) is 15.2. The van der Waals surface area contributed by atoms with E-state index in [1.54, 1.807) is 24.3 Å². The first-order valence-corrected chi connectivity index (χ1v) is 7.36. The number of hydrogen-bond acceptors (Lipinski definition) is 3. The standard InChI is InChI=1S/C15H14ClFO2S/c1-19-15-7-10(5-6-13(15)16)14(18)9-20-12-4-2-3-11(17)8-12/h2-8,14,18H,9H2,1H3. The largest absolute Gasteiger partial charge is 0.495 e. The molecule has 1 N–H and O–H groups in total. The number of thioether (sulfide) groups is 1. The van der Waals surface area contributed by atoms with E-state index in [-0.39, 0.29) is 5.82 Å². The Kier molecular flexibility index (Phi) is 5.29. The third-order valence-electron chi connectivity index (χ3n) is 2.76. The van der Waals surface area contributed by atoms with Crippen LogP contribution in [-0.4, -0.2) is 18.0 Å². The number of aliphatic hydroxyl groups is 1. The molecule has 2 aromatic rings. The number of rotatable bonds is 5. The summed E-state index contributed by atoms with van der Waals surface area (Å²) in [5, 5.41) is 10.6. The highest BCUT2D eigenvalue weighted by atomic mass is 35.5. The number of methoxy groups -OCH3 is 1. The van der Waals surface area contributed by atoms with Gasteiger partial charge in [0, 0.05) is 10.6 Å². The Hall–Kier alpha value is -1.23. The lowest BCUT2D eigenvalue weighted by Crippen LogP contribution is -2.01. The van der Waals surface area contributed by atoms with Gasteiger partial charge in [-0.25, -0.2) is 4.39 Å². The SMILES string of the molecule is COc1cc(C(O)CSc2cccc(F)c2)ccc1Cl. The van der Waals surface area contributed by atoms with E-state index in [1.165, 1.54) is 31.0 Å². The van der Waals surface area contributed by atoms with E-state index in [4.69, 9.17) is 16.3 Å². The maximum Gasteiger partial charge on any atom is 0.137 e. The second-order valence-corrected chi connectivity index (χ2v) is 5.68. The van der Waals surface area contributed by atoms with Crippen LogP contribution < -0.4 is 4.74 Å². The van der Waals surface area contributed by atoms with Gasteiger partial charge in [0.25, 0.3) is 0 Å².